The third-order valence-corrected chi connectivity index (χ3v) is 3.23. The maximum Gasteiger partial charge on any atom is 0.230 e. The van der Waals surface area contributed by atoms with Crippen LogP contribution < -0.4 is 5.32 Å². The average Bonchev–Trinajstić information content (AvgIpc) is 2.35. The van der Waals surface area contributed by atoms with Crippen LogP contribution in [0.25, 0.3) is 0 Å². The highest BCUT2D eigenvalue weighted by molar-refractivity contribution is 7.99. The Morgan fingerprint density at radius 1 is 1.33 bits per heavy atom. The molecule has 0 saturated heterocycles. The number of carbonyl (C=O) groups excluding carboxylic acids is 1. The second-order valence-corrected chi connectivity index (χ2v) is 5.42. The number of benzene rings is 1. The fraction of sp³-hybridized carbons (Fsp3) is 0.500. The van der Waals surface area contributed by atoms with E-state index in [-0.39, 0.29) is 11.9 Å². The van der Waals surface area contributed by atoms with Crippen LogP contribution in [0.15, 0.2) is 30.3 Å². The van der Waals surface area contributed by atoms with Crippen LogP contribution in [0.5, 0.6) is 0 Å². The molecule has 0 spiro atoms. The summed E-state index contributed by atoms with van der Waals surface area (Å²) >= 11 is 1.55. The Kier molecular flexibility index (Phi) is 6.83. The summed E-state index contributed by atoms with van der Waals surface area (Å²) in [6.45, 7) is 0.957. The second kappa shape index (κ2) is 8.16. The lowest BCUT2D eigenvalue weighted by molar-refractivity contribution is -0.119. The van der Waals surface area contributed by atoms with Gasteiger partial charge in [-0.25, -0.2) is 0 Å². The molecule has 0 radical (unpaired) electrons. The highest BCUT2D eigenvalue weighted by Gasteiger charge is 2.14. The van der Waals surface area contributed by atoms with E-state index in [1.807, 2.05) is 38.6 Å². The molecular formula is C14H22N2OS. The van der Waals surface area contributed by atoms with Crippen molar-refractivity contribution in [3.63, 3.8) is 0 Å². The lowest BCUT2D eigenvalue weighted by Crippen LogP contribution is -2.32. The smallest absolute Gasteiger partial charge is 0.230 e. The van der Waals surface area contributed by atoms with Gasteiger partial charge in [0.2, 0.25) is 5.91 Å². The summed E-state index contributed by atoms with van der Waals surface area (Å²) in [4.78, 5) is 13.9. The maximum absolute atomic E-state index is 11.7. The molecule has 0 bridgehead atoms. The fourth-order valence-corrected chi connectivity index (χ4v) is 2.11. The number of nitrogens with one attached hydrogen (secondary N) is 1. The molecule has 1 aromatic rings. The molecule has 1 amide bonds. The maximum atomic E-state index is 11.7. The van der Waals surface area contributed by atoms with E-state index in [1.165, 1.54) is 5.56 Å². The molecule has 0 heterocycles. The highest BCUT2D eigenvalue weighted by Crippen LogP contribution is 2.16. The van der Waals surface area contributed by atoms with Gasteiger partial charge in [0.25, 0.3) is 0 Å². The van der Waals surface area contributed by atoms with Crippen molar-refractivity contribution in [2.24, 2.45) is 0 Å². The van der Waals surface area contributed by atoms with Gasteiger partial charge < -0.3 is 10.2 Å². The summed E-state index contributed by atoms with van der Waals surface area (Å²) in [6.07, 6.45) is 2.87. The highest BCUT2D eigenvalue weighted by atomic mass is 32.2. The first-order chi connectivity index (χ1) is 8.63. The number of rotatable bonds is 7. The SMILES string of the molecule is CSCC(=O)NC(CCN(C)C)c1ccccc1. The lowest BCUT2D eigenvalue weighted by Gasteiger charge is -2.21. The largest absolute Gasteiger partial charge is 0.349 e. The van der Waals surface area contributed by atoms with Gasteiger partial charge in [0, 0.05) is 0 Å². The molecule has 100 valence electrons. The number of carbonyl (C=O) groups is 1. The van der Waals surface area contributed by atoms with E-state index in [4.69, 9.17) is 0 Å². The topological polar surface area (TPSA) is 32.3 Å². The zero-order valence-electron chi connectivity index (χ0n) is 11.3. The zero-order valence-corrected chi connectivity index (χ0v) is 12.2. The monoisotopic (exact) mass is 266 g/mol. The Bertz CT molecular complexity index is 354. The average molecular weight is 266 g/mol. The number of amides is 1. The van der Waals surface area contributed by atoms with Gasteiger partial charge in [0.05, 0.1) is 11.8 Å². The number of nitrogens with zero attached hydrogens (tertiary/aromatic N) is 1. The van der Waals surface area contributed by atoms with Crippen molar-refractivity contribution in [3.8, 4) is 0 Å². The first-order valence-corrected chi connectivity index (χ1v) is 7.51. The third-order valence-electron chi connectivity index (χ3n) is 2.68. The van der Waals surface area contributed by atoms with Crippen molar-refractivity contribution >= 4 is 17.7 Å². The van der Waals surface area contributed by atoms with Crippen LogP contribution >= 0.6 is 11.8 Å². The van der Waals surface area contributed by atoms with Crippen molar-refractivity contribution in [2.75, 3.05) is 32.6 Å². The van der Waals surface area contributed by atoms with Crippen LogP contribution in [0, 0.1) is 0 Å². The van der Waals surface area contributed by atoms with E-state index in [0.717, 1.165) is 13.0 Å². The minimum absolute atomic E-state index is 0.105. The van der Waals surface area contributed by atoms with Crippen molar-refractivity contribution in [2.45, 2.75) is 12.5 Å². The molecule has 0 aliphatic carbocycles. The van der Waals surface area contributed by atoms with E-state index in [9.17, 15) is 4.79 Å². The molecule has 0 aliphatic heterocycles. The summed E-state index contributed by atoms with van der Waals surface area (Å²) in [7, 11) is 4.09. The summed E-state index contributed by atoms with van der Waals surface area (Å²) in [5.41, 5.74) is 1.17. The molecule has 4 heteroatoms. The van der Waals surface area contributed by atoms with Gasteiger partial charge in [-0.05, 0) is 38.9 Å². The summed E-state index contributed by atoms with van der Waals surface area (Å²) in [6, 6.07) is 10.3. The number of hydrogen-bond acceptors (Lipinski definition) is 3. The first-order valence-electron chi connectivity index (χ1n) is 6.11. The van der Waals surface area contributed by atoms with Crippen LogP contribution in [-0.2, 0) is 4.79 Å². The fourth-order valence-electron chi connectivity index (χ4n) is 1.76. The normalized spacial score (nSPS) is 12.4. The van der Waals surface area contributed by atoms with Crippen molar-refractivity contribution in [1.82, 2.24) is 10.2 Å². The Morgan fingerprint density at radius 3 is 2.56 bits per heavy atom. The second-order valence-electron chi connectivity index (χ2n) is 4.56. The Labute approximate surface area is 114 Å². The zero-order chi connectivity index (χ0) is 13.4. The predicted octanol–water partition coefficient (Wildman–Crippen LogP) is 2.16. The van der Waals surface area contributed by atoms with Gasteiger partial charge >= 0.3 is 0 Å². The molecule has 1 rings (SSSR count). The molecular weight excluding hydrogens is 244 g/mol. The van der Waals surface area contributed by atoms with Crippen LogP contribution in [0.2, 0.25) is 0 Å². The number of thioether (sulfide) groups is 1. The minimum Gasteiger partial charge on any atom is -0.349 e. The van der Waals surface area contributed by atoms with Crippen LogP contribution in [0.4, 0.5) is 0 Å². The molecule has 1 aromatic carbocycles. The summed E-state index contributed by atoms with van der Waals surface area (Å²) in [5.74, 6) is 0.626. The summed E-state index contributed by atoms with van der Waals surface area (Å²) in [5, 5.41) is 3.10. The van der Waals surface area contributed by atoms with Gasteiger partial charge in [-0.3, -0.25) is 4.79 Å². The Hall–Kier alpha value is -1.00. The molecule has 0 saturated carbocycles. The third kappa shape index (κ3) is 5.56. The predicted molar refractivity (Wildman–Crippen MR) is 78.9 cm³/mol. The van der Waals surface area contributed by atoms with Crippen molar-refractivity contribution in [3.05, 3.63) is 35.9 Å². The molecule has 18 heavy (non-hydrogen) atoms. The first kappa shape index (κ1) is 15.1. The van der Waals surface area contributed by atoms with Crippen molar-refractivity contribution in [1.29, 1.82) is 0 Å². The van der Waals surface area contributed by atoms with Crippen molar-refractivity contribution < 1.29 is 4.79 Å². The van der Waals surface area contributed by atoms with E-state index >= 15 is 0 Å². The lowest BCUT2D eigenvalue weighted by atomic mass is 10.0. The molecule has 1 N–H and O–H groups in total. The Balaban J connectivity index is 2.66. The van der Waals surface area contributed by atoms with Gasteiger partial charge in [-0.1, -0.05) is 30.3 Å². The van der Waals surface area contributed by atoms with Gasteiger partial charge in [0.1, 0.15) is 0 Å². The minimum atomic E-state index is 0.105. The van der Waals surface area contributed by atoms with Crippen LogP contribution in [-0.4, -0.2) is 43.5 Å². The summed E-state index contributed by atoms with van der Waals surface area (Å²) < 4.78 is 0. The van der Waals surface area contributed by atoms with Gasteiger partial charge in [-0.15, -0.1) is 0 Å². The molecule has 1 atom stereocenters. The standard InChI is InChI=1S/C14H22N2OS/c1-16(2)10-9-13(15-14(17)11-18-3)12-7-5-4-6-8-12/h4-8,13H,9-11H2,1-3H3,(H,15,17). The molecule has 0 aromatic heterocycles. The molecule has 3 nitrogen and oxygen atoms in total. The quantitative estimate of drug-likeness (QED) is 0.821. The van der Waals surface area contributed by atoms with E-state index in [2.05, 4.69) is 22.3 Å². The Morgan fingerprint density at radius 2 is 2.00 bits per heavy atom. The van der Waals surface area contributed by atoms with Crippen LogP contribution in [0.1, 0.15) is 18.0 Å². The number of hydrogen-bond donors (Lipinski definition) is 1. The molecule has 0 aliphatic rings. The van der Waals surface area contributed by atoms with Crippen LogP contribution in [0.3, 0.4) is 0 Å². The van der Waals surface area contributed by atoms with E-state index in [0.29, 0.717) is 5.75 Å². The van der Waals surface area contributed by atoms with E-state index in [1.54, 1.807) is 11.8 Å². The van der Waals surface area contributed by atoms with E-state index < -0.39 is 0 Å². The molecule has 0 fully saturated rings. The van der Waals surface area contributed by atoms with Gasteiger partial charge in [-0.2, -0.15) is 11.8 Å². The van der Waals surface area contributed by atoms with Gasteiger partial charge in [0.15, 0.2) is 0 Å². The molecule has 1 unspecified atom stereocenters.